The molecule has 1 fully saturated rings. The SMILES string of the molecule is COC(=O)[C@H](CCC(N)=O)NC(=O)[C@@](C)(C1O[C@H](CO)[C@@H](O)[C@H](O[C@H](C)C(=O)O)[C@H]1N)N(C)C(C)=O. The summed E-state index contributed by atoms with van der Waals surface area (Å²) in [6.07, 6.45) is -7.71. The van der Waals surface area contributed by atoms with Gasteiger partial charge in [0.25, 0.3) is 0 Å². The molecule has 0 saturated carbocycles. The van der Waals surface area contributed by atoms with Crippen molar-refractivity contribution in [2.45, 2.75) is 81.8 Å². The summed E-state index contributed by atoms with van der Waals surface area (Å²) in [6, 6.07) is -2.71. The van der Waals surface area contributed by atoms with Gasteiger partial charge in [-0.1, -0.05) is 0 Å². The lowest BCUT2D eigenvalue weighted by molar-refractivity contribution is -0.234. The van der Waals surface area contributed by atoms with Crippen LogP contribution >= 0.6 is 0 Å². The fraction of sp³-hybridized carbons (Fsp3) is 0.762. The first-order valence-electron chi connectivity index (χ1n) is 11.1. The summed E-state index contributed by atoms with van der Waals surface area (Å²) in [5, 5.41) is 32.0. The number of carbonyl (C=O) groups is 5. The van der Waals surface area contributed by atoms with E-state index in [1.165, 1.54) is 20.9 Å². The standard InChI is InChI=1S/C21H36N4O11/c1-9(18(30)31)35-16-14(23)17(36-12(8-26)15(16)29)21(3,25(4)10(2)27)20(33)24-11(19(32)34-5)6-7-13(22)28/h9,11-12,14-17,26,29H,6-8,23H2,1-5H3,(H2,22,28)(H,24,33)(H,30,31)/t9-,11+,12-,14-,15-,16-,17?,21-/m1/s1. The van der Waals surface area contributed by atoms with Gasteiger partial charge in [0, 0.05) is 20.4 Å². The summed E-state index contributed by atoms with van der Waals surface area (Å²) in [6.45, 7) is 2.88. The lowest BCUT2D eigenvalue weighted by Gasteiger charge is -2.51. The van der Waals surface area contributed by atoms with Crippen molar-refractivity contribution in [2.75, 3.05) is 20.8 Å². The fourth-order valence-electron chi connectivity index (χ4n) is 3.88. The molecule has 3 amide bonds. The Kier molecular flexibility index (Phi) is 11.2. The third-order valence-corrected chi connectivity index (χ3v) is 6.31. The molecule has 1 aliphatic rings. The Balaban J connectivity index is 3.50. The van der Waals surface area contributed by atoms with Gasteiger partial charge in [0.1, 0.15) is 36.0 Å². The predicted octanol–water partition coefficient (Wildman–Crippen LogP) is -3.55. The van der Waals surface area contributed by atoms with Crippen LogP contribution in [-0.2, 0) is 38.2 Å². The molecule has 0 aromatic rings. The van der Waals surface area contributed by atoms with Gasteiger partial charge < -0.3 is 51.2 Å². The number of methoxy groups -OCH3 is 1. The number of nitrogens with two attached hydrogens (primary N) is 2. The van der Waals surface area contributed by atoms with Crippen LogP contribution in [0, 0.1) is 0 Å². The Morgan fingerprint density at radius 3 is 2.28 bits per heavy atom. The number of aliphatic carboxylic acids is 1. The number of carboxylic acids is 1. The normalized spacial score (nSPS) is 27.2. The maximum atomic E-state index is 13.6. The Hall–Kier alpha value is -2.85. The van der Waals surface area contributed by atoms with Crippen molar-refractivity contribution >= 4 is 29.7 Å². The Morgan fingerprint density at radius 2 is 1.83 bits per heavy atom. The molecule has 15 heteroatoms. The first kappa shape index (κ1) is 31.2. The van der Waals surface area contributed by atoms with Crippen LogP contribution in [0.25, 0.3) is 0 Å². The molecule has 1 unspecified atom stereocenters. The van der Waals surface area contributed by atoms with E-state index in [1.807, 2.05) is 0 Å². The minimum Gasteiger partial charge on any atom is -0.479 e. The first-order valence-corrected chi connectivity index (χ1v) is 11.1. The number of carboxylic acid groups (broad SMARTS) is 1. The molecular weight excluding hydrogens is 484 g/mol. The molecule has 0 bridgehead atoms. The third kappa shape index (κ3) is 6.88. The average molecular weight is 521 g/mol. The van der Waals surface area contributed by atoms with Gasteiger partial charge in [-0.3, -0.25) is 14.4 Å². The van der Waals surface area contributed by atoms with Crippen LogP contribution < -0.4 is 16.8 Å². The summed E-state index contributed by atoms with van der Waals surface area (Å²) in [4.78, 5) is 61.8. The number of aliphatic hydroxyl groups excluding tert-OH is 2. The average Bonchev–Trinajstić information content (AvgIpc) is 2.82. The predicted molar refractivity (Wildman–Crippen MR) is 121 cm³/mol. The monoisotopic (exact) mass is 520 g/mol. The summed E-state index contributed by atoms with van der Waals surface area (Å²) in [5.41, 5.74) is 9.47. The quantitative estimate of drug-likeness (QED) is 0.137. The van der Waals surface area contributed by atoms with Crippen LogP contribution in [0.5, 0.6) is 0 Å². The highest BCUT2D eigenvalue weighted by Crippen LogP contribution is 2.33. The number of rotatable bonds is 12. The van der Waals surface area contributed by atoms with E-state index in [0.29, 0.717) is 0 Å². The van der Waals surface area contributed by atoms with Gasteiger partial charge in [0.2, 0.25) is 17.7 Å². The number of nitrogens with one attached hydrogen (secondary N) is 1. The Labute approximate surface area is 208 Å². The van der Waals surface area contributed by atoms with Gasteiger partial charge in [-0.15, -0.1) is 0 Å². The number of hydrogen-bond donors (Lipinski definition) is 6. The second-order valence-electron chi connectivity index (χ2n) is 8.71. The summed E-state index contributed by atoms with van der Waals surface area (Å²) >= 11 is 0. The lowest BCUT2D eigenvalue weighted by Crippen LogP contribution is -2.75. The highest BCUT2D eigenvalue weighted by molar-refractivity contribution is 5.94. The van der Waals surface area contributed by atoms with Crippen molar-refractivity contribution in [2.24, 2.45) is 11.5 Å². The topological polar surface area (TPSA) is 241 Å². The van der Waals surface area contributed by atoms with Crippen LogP contribution in [0.4, 0.5) is 0 Å². The largest absolute Gasteiger partial charge is 0.479 e. The molecule has 8 N–H and O–H groups in total. The lowest BCUT2D eigenvalue weighted by atomic mass is 9.80. The number of esters is 1. The highest BCUT2D eigenvalue weighted by atomic mass is 16.6. The van der Waals surface area contributed by atoms with Gasteiger partial charge in [-0.25, -0.2) is 9.59 Å². The van der Waals surface area contributed by atoms with Gasteiger partial charge in [0.15, 0.2) is 6.10 Å². The molecule has 36 heavy (non-hydrogen) atoms. The van der Waals surface area contributed by atoms with E-state index >= 15 is 0 Å². The molecule has 1 aliphatic heterocycles. The van der Waals surface area contributed by atoms with Crippen molar-refractivity contribution in [3.05, 3.63) is 0 Å². The molecule has 1 heterocycles. The summed E-state index contributed by atoms with van der Waals surface area (Å²) in [7, 11) is 2.34. The number of primary amides is 1. The van der Waals surface area contributed by atoms with E-state index in [-0.39, 0.29) is 12.8 Å². The summed E-state index contributed by atoms with van der Waals surface area (Å²) < 4.78 is 15.9. The molecule has 1 saturated heterocycles. The molecule has 0 radical (unpaired) electrons. The minimum atomic E-state index is -1.98. The molecule has 8 atom stereocenters. The van der Waals surface area contributed by atoms with Gasteiger partial charge in [-0.05, 0) is 20.3 Å². The first-order chi connectivity index (χ1) is 16.6. The molecule has 0 aromatic heterocycles. The zero-order chi connectivity index (χ0) is 28.0. The number of amides is 3. The molecule has 0 aromatic carbocycles. The molecule has 206 valence electrons. The van der Waals surface area contributed by atoms with E-state index < -0.39 is 84.4 Å². The second kappa shape index (κ2) is 12.9. The van der Waals surface area contributed by atoms with Crippen LogP contribution in [0.1, 0.15) is 33.6 Å². The highest BCUT2D eigenvalue weighted by Gasteiger charge is 2.57. The fourth-order valence-corrected chi connectivity index (χ4v) is 3.88. The maximum absolute atomic E-state index is 13.6. The van der Waals surface area contributed by atoms with E-state index in [0.717, 1.165) is 18.9 Å². The molecule has 15 nitrogen and oxygen atoms in total. The van der Waals surface area contributed by atoms with Gasteiger partial charge in [-0.2, -0.15) is 0 Å². The minimum absolute atomic E-state index is 0.203. The number of nitrogens with zero attached hydrogens (tertiary/aromatic N) is 1. The van der Waals surface area contributed by atoms with E-state index in [2.05, 4.69) is 10.1 Å². The van der Waals surface area contributed by atoms with Gasteiger partial charge in [0.05, 0.1) is 19.8 Å². The zero-order valence-electron chi connectivity index (χ0n) is 20.9. The Morgan fingerprint density at radius 1 is 1.25 bits per heavy atom. The number of aliphatic hydroxyl groups is 2. The van der Waals surface area contributed by atoms with E-state index in [9.17, 15) is 39.3 Å². The van der Waals surface area contributed by atoms with E-state index in [4.69, 9.17) is 20.9 Å². The van der Waals surface area contributed by atoms with Crippen molar-refractivity contribution in [3.63, 3.8) is 0 Å². The zero-order valence-corrected chi connectivity index (χ0v) is 20.9. The molecule has 0 spiro atoms. The van der Waals surface area contributed by atoms with Crippen molar-refractivity contribution in [3.8, 4) is 0 Å². The number of ether oxygens (including phenoxy) is 3. The smallest absolute Gasteiger partial charge is 0.332 e. The third-order valence-electron chi connectivity index (χ3n) is 6.31. The molecule has 0 aliphatic carbocycles. The Bertz CT molecular complexity index is 841. The van der Waals surface area contributed by atoms with E-state index in [1.54, 1.807) is 0 Å². The number of carbonyl (C=O) groups excluding carboxylic acids is 4. The maximum Gasteiger partial charge on any atom is 0.332 e. The number of hydrogen-bond acceptors (Lipinski definition) is 11. The molecule has 1 rings (SSSR count). The second-order valence-corrected chi connectivity index (χ2v) is 8.71. The van der Waals surface area contributed by atoms with Crippen molar-refractivity contribution in [1.82, 2.24) is 10.2 Å². The number of likely N-dealkylation sites (N-methyl/N-ethyl adjacent to an activating group) is 1. The van der Waals surface area contributed by atoms with Crippen molar-refractivity contribution < 1.29 is 53.5 Å². The van der Waals surface area contributed by atoms with Crippen LogP contribution in [0.2, 0.25) is 0 Å². The van der Waals surface area contributed by atoms with Crippen molar-refractivity contribution in [1.29, 1.82) is 0 Å². The van der Waals surface area contributed by atoms with Crippen LogP contribution in [0.15, 0.2) is 0 Å². The van der Waals surface area contributed by atoms with Gasteiger partial charge >= 0.3 is 11.9 Å². The summed E-state index contributed by atoms with van der Waals surface area (Å²) in [5.74, 6) is -4.52. The van der Waals surface area contributed by atoms with Crippen LogP contribution in [0.3, 0.4) is 0 Å². The van der Waals surface area contributed by atoms with Crippen LogP contribution in [-0.4, -0.2) is 119 Å². The molecular formula is C21H36N4O11.